The van der Waals surface area contributed by atoms with E-state index in [0.29, 0.717) is 5.71 Å². The van der Waals surface area contributed by atoms with Gasteiger partial charge in [-0.25, -0.2) is 4.57 Å². The van der Waals surface area contributed by atoms with Gasteiger partial charge in [0.1, 0.15) is 6.54 Å². The lowest BCUT2D eigenvalue weighted by molar-refractivity contribution is -0.703. The van der Waals surface area contributed by atoms with Gasteiger partial charge in [-0.15, -0.1) is 0 Å². The number of unbranched alkanes of at least 4 members (excludes halogenated alkanes) is 2. The number of hydrogen-bond donors (Lipinski definition) is 1. The molecule has 0 atom stereocenters. The maximum absolute atomic E-state index is 7.56. The molecule has 3 nitrogen and oxygen atoms in total. The SMILES string of the molecule is CC(=N)/C(C)=C\C(C)=C/OCCCCC[n+]1cc(C)cc(C)c1C. The molecule has 24 heavy (non-hydrogen) atoms. The normalized spacial score (nSPS) is 12.4. The van der Waals surface area contributed by atoms with Crippen LogP contribution >= 0.6 is 0 Å². The Kier molecular flexibility index (Phi) is 8.45. The van der Waals surface area contributed by atoms with Gasteiger partial charge < -0.3 is 10.1 Å². The van der Waals surface area contributed by atoms with Crippen LogP contribution in [0.3, 0.4) is 0 Å². The molecule has 0 unspecified atom stereocenters. The molecule has 0 aliphatic heterocycles. The first-order valence-corrected chi connectivity index (χ1v) is 8.80. The maximum Gasteiger partial charge on any atom is 0.181 e. The number of pyridine rings is 1. The van der Waals surface area contributed by atoms with Crippen LogP contribution in [0.5, 0.6) is 0 Å². The van der Waals surface area contributed by atoms with Crippen LogP contribution in [0, 0.1) is 26.2 Å². The highest BCUT2D eigenvalue weighted by Crippen LogP contribution is 2.06. The Balaban J connectivity index is 2.28. The van der Waals surface area contributed by atoms with E-state index in [1.54, 1.807) is 13.2 Å². The van der Waals surface area contributed by atoms with Crippen LogP contribution in [0.4, 0.5) is 0 Å². The van der Waals surface area contributed by atoms with Gasteiger partial charge in [0.25, 0.3) is 0 Å². The summed E-state index contributed by atoms with van der Waals surface area (Å²) in [7, 11) is 0. The Bertz CT molecular complexity index is 627. The molecular formula is C21H33N2O+. The molecule has 0 spiro atoms. The third-order valence-corrected chi connectivity index (χ3v) is 4.27. The minimum absolute atomic E-state index is 0.599. The summed E-state index contributed by atoms with van der Waals surface area (Å²) in [4.78, 5) is 0. The van der Waals surface area contributed by atoms with E-state index in [1.165, 1.54) is 29.7 Å². The Morgan fingerprint density at radius 2 is 1.83 bits per heavy atom. The number of nitrogens with one attached hydrogen (secondary N) is 1. The van der Waals surface area contributed by atoms with Crippen molar-refractivity contribution in [1.29, 1.82) is 5.41 Å². The van der Waals surface area contributed by atoms with Gasteiger partial charge in [-0.2, -0.15) is 0 Å². The zero-order chi connectivity index (χ0) is 18.1. The molecule has 0 radical (unpaired) electrons. The maximum atomic E-state index is 7.56. The van der Waals surface area contributed by atoms with E-state index in [-0.39, 0.29) is 0 Å². The Labute approximate surface area is 147 Å². The highest BCUT2D eigenvalue weighted by Gasteiger charge is 2.09. The fourth-order valence-corrected chi connectivity index (χ4v) is 2.60. The molecule has 0 amide bonds. The quantitative estimate of drug-likeness (QED) is 0.224. The van der Waals surface area contributed by atoms with Gasteiger partial charge in [0.05, 0.1) is 12.9 Å². The average Bonchev–Trinajstić information content (AvgIpc) is 2.50. The van der Waals surface area contributed by atoms with E-state index in [9.17, 15) is 0 Å². The van der Waals surface area contributed by atoms with Crippen LogP contribution in [0.15, 0.2) is 35.7 Å². The van der Waals surface area contributed by atoms with Crippen molar-refractivity contribution in [3.63, 3.8) is 0 Å². The van der Waals surface area contributed by atoms with Crippen molar-refractivity contribution in [3.8, 4) is 0 Å². The monoisotopic (exact) mass is 329 g/mol. The molecule has 0 aliphatic carbocycles. The fraction of sp³-hybridized carbons (Fsp3) is 0.524. The number of allylic oxidation sites excluding steroid dienone is 3. The van der Waals surface area contributed by atoms with E-state index >= 15 is 0 Å². The number of rotatable bonds is 9. The predicted molar refractivity (Wildman–Crippen MR) is 102 cm³/mol. The topological polar surface area (TPSA) is 37.0 Å². The van der Waals surface area contributed by atoms with Crippen molar-refractivity contribution in [1.82, 2.24) is 0 Å². The molecule has 1 rings (SSSR count). The van der Waals surface area contributed by atoms with Crippen molar-refractivity contribution < 1.29 is 9.30 Å². The van der Waals surface area contributed by atoms with Crippen molar-refractivity contribution in [2.75, 3.05) is 6.61 Å². The molecule has 0 saturated heterocycles. The Morgan fingerprint density at radius 3 is 2.50 bits per heavy atom. The summed E-state index contributed by atoms with van der Waals surface area (Å²) >= 11 is 0. The molecule has 1 aromatic rings. The molecule has 1 N–H and O–H groups in total. The van der Waals surface area contributed by atoms with E-state index in [1.807, 2.05) is 19.9 Å². The van der Waals surface area contributed by atoms with Crippen LogP contribution < -0.4 is 4.57 Å². The largest absolute Gasteiger partial charge is 0.501 e. The fourth-order valence-electron chi connectivity index (χ4n) is 2.60. The summed E-state index contributed by atoms with van der Waals surface area (Å²) in [6, 6.07) is 2.24. The van der Waals surface area contributed by atoms with Crippen molar-refractivity contribution in [3.05, 3.63) is 52.6 Å². The zero-order valence-electron chi connectivity index (χ0n) is 16.2. The van der Waals surface area contributed by atoms with Crippen molar-refractivity contribution >= 4 is 5.71 Å². The third-order valence-electron chi connectivity index (χ3n) is 4.27. The second-order valence-corrected chi connectivity index (χ2v) is 6.72. The molecule has 0 aliphatic rings. The molecule has 3 heteroatoms. The molecular weight excluding hydrogens is 296 g/mol. The lowest BCUT2D eigenvalue weighted by atomic mass is 10.1. The van der Waals surface area contributed by atoms with E-state index in [2.05, 4.69) is 37.6 Å². The van der Waals surface area contributed by atoms with Crippen LogP contribution in [0.1, 0.15) is 56.9 Å². The first-order chi connectivity index (χ1) is 11.3. The van der Waals surface area contributed by atoms with Gasteiger partial charge >= 0.3 is 0 Å². The second-order valence-electron chi connectivity index (χ2n) is 6.72. The number of aryl methyl sites for hydroxylation is 3. The third kappa shape index (κ3) is 7.12. The number of hydrogen-bond acceptors (Lipinski definition) is 2. The zero-order valence-corrected chi connectivity index (χ0v) is 16.2. The smallest absolute Gasteiger partial charge is 0.181 e. The van der Waals surface area contributed by atoms with E-state index in [0.717, 1.165) is 30.7 Å². The van der Waals surface area contributed by atoms with Crippen LogP contribution in [-0.2, 0) is 11.3 Å². The molecule has 1 heterocycles. The highest BCUT2D eigenvalue weighted by molar-refractivity contribution is 5.95. The minimum atomic E-state index is 0.599. The summed E-state index contributed by atoms with van der Waals surface area (Å²) in [6.07, 6.45) is 9.44. The average molecular weight is 330 g/mol. The van der Waals surface area contributed by atoms with Gasteiger partial charge in [0, 0.05) is 30.2 Å². The molecule has 1 aromatic heterocycles. The molecule has 132 valence electrons. The number of nitrogens with zero attached hydrogens (tertiary/aromatic N) is 1. The van der Waals surface area contributed by atoms with Gasteiger partial charge in [-0.3, -0.25) is 0 Å². The summed E-state index contributed by atoms with van der Waals surface area (Å²) < 4.78 is 7.97. The van der Waals surface area contributed by atoms with Gasteiger partial charge in [-0.1, -0.05) is 6.08 Å². The standard InChI is InChI=1S/C21H33N2O/c1-16-12-19(4)21(6)23(14-16)10-8-7-9-11-24-15-17(2)13-18(3)20(5)22/h12-15,22H,7-11H2,1-6H3/q+1/b17-15-,18-13-,22-20?. The van der Waals surface area contributed by atoms with Gasteiger partial charge in [0.2, 0.25) is 0 Å². The van der Waals surface area contributed by atoms with Crippen molar-refractivity contribution in [2.24, 2.45) is 0 Å². The summed E-state index contributed by atoms with van der Waals surface area (Å²) in [5.74, 6) is 0. The lowest BCUT2D eigenvalue weighted by Gasteiger charge is -2.05. The molecule has 0 saturated carbocycles. The predicted octanol–water partition coefficient (Wildman–Crippen LogP) is 4.98. The Morgan fingerprint density at radius 1 is 1.12 bits per heavy atom. The number of aromatic nitrogens is 1. The van der Waals surface area contributed by atoms with Gasteiger partial charge in [-0.05, 0) is 64.7 Å². The summed E-state index contributed by atoms with van der Waals surface area (Å²) in [6.45, 7) is 14.1. The first-order valence-electron chi connectivity index (χ1n) is 8.80. The van der Waals surface area contributed by atoms with Gasteiger partial charge in [0.15, 0.2) is 11.9 Å². The Hall–Kier alpha value is -1.90. The van der Waals surface area contributed by atoms with E-state index < -0.39 is 0 Å². The lowest BCUT2D eigenvalue weighted by Crippen LogP contribution is -2.38. The second kappa shape index (κ2) is 10.1. The summed E-state index contributed by atoms with van der Waals surface area (Å²) in [5.41, 5.74) is 6.68. The molecule has 0 fully saturated rings. The number of ether oxygens (including phenoxy) is 1. The first kappa shape index (κ1) is 20.1. The molecule has 0 aromatic carbocycles. The highest BCUT2D eigenvalue weighted by atomic mass is 16.5. The van der Waals surface area contributed by atoms with Crippen LogP contribution in [-0.4, -0.2) is 12.3 Å². The molecule has 0 bridgehead atoms. The van der Waals surface area contributed by atoms with Crippen molar-refractivity contribution in [2.45, 2.75) is 67.3 Å². The van der Waals surface area contributed by atoms with Crippen LogP contribution in [0.25, 0.3) is 0 Å². The van der Waals surface area contributed by atoms with E-state index in [4.69, 9.17) is 10.1 Å². The minimum Gasteiger partial charge on any atom is -0.501 e. The summed E-state index contributed by atoms with van der Waals surface area (Å²) in [5, 5.41) is 7.56. The van der Waals surface area contributed by atoms with Crippen LogP contribution in [0.2, 0.25) is 0 Å².